The van der Waals surface area contributed by atoms with E-state index in [-0.39, 0.29) is 11.9 Å². The fourth-order valence-corrected chi connectivity index (χ4v) is 3.89. The van der Waals surface area contributed by atoms with Gasteiger partial charge in [0.2, 0.25) is 0 Å². The predicted octanol–water partition coefficient (Wildman–Crippen LogP) is 5.54. The molecule has 0 bridgehead atoms. The molecule has 20 heavy (non-hydrogen) atoms. The molecular formula is C15H16BrFINS. The molecule has 1 N–H and O–H groups in total. The summed E-state index contributed by atoms with van der Waals surface area (Å²) in [6.45, 7) is 3.08. The van der Waals surface area contributed by atoms with Gasteiger partial charge >= 0.3 is 0 Å². The van der Waals surface area contributed by atoms with E-state index in [0.29, 0.717) is 6.42 Å². The van der Waals surface area contributed by atoms with Crippen LogP contribution in [0.3, 0.4) is 0 Å². The largest absolute Gasteiger partial charge is 0.310 e. The SMILES string of the molecule is CCCNC(Cc1cc(Br)ccc1F)c1csc(I)c1. The lowest BCUT2D eigenvalue weighted by molar-refractivity contribution is 0.514. The Morgan fingerprint density at radius 1 is 1.40 bits per heavy atom. The van der Waals surface area contributed by atoms with Crippen LogP contribution >= 0.6 is 49.9 Å². The van der Waals surface area contributed by atoms with E-state index in [2.05, 4.69) is 62.2 Å². The second-order valence-electron chi connectivity index (χ2n) is 4.63. The van der Waals surface area contributed by atoms with Crippen LogP contribution in [-0.2, 0) is 6.42 Å². The summed E-state index contributed by atoms with van der Waals surface area (Å²) in [6, 6.07) is 7.47. The zero-order valence-corrected chi connectivity index (χ0v) is 15.7. The quantitative estimate of drug-likeness (QED) is 0.550. The Morgan fingerprint density at radius 2 is 2.20 bits per heavy atom. The Labute approximate surface area is 145 Å². The molecule has 1 heterocycles. The summed E-state index contributed by atoms with van der Waals surface area (Å²) in [4.78, 5) is 0. The molecular weight excluding hydrogens is 452 g/mol. The summed E-state index contributed by atoms with van der Waals surface area (Å²) in [7, 11) is 0. The van der Waals surface area contributed by atoms with Gasteiger partial charge in [-0.3, -0.25) is 0 Å². The first-order valence-electron chi connectivity index (χ1n) is 6.51. The first-order chi connectivity index (χ1) is 9.60. The van der Waals surface area contributed by atoms with Crippen LogP contribution in [0.1, 0.15) is 30.5 Å². The van der Waals surface area contributed by atoms with Gasteiger partial charge in [0.05, 0.1) is 2.88 Å². The van der Waals surface area contributed by atoms with Gasteiger partial charge < -0.3 is 5.32 Å². The highest BCUT2D eigenvalue weighted by Crippen LogP contribution is 2.27. The molecule has 2 rings (SSSR count). The number of nitrogens with one attached hydrogen (secondary N) is 1. The van der Waals surface area contributed by atoms with E-state index in [9.17, 15) is 4.39 Å². The third-order valence-corrected chi connectivity index (χ3v) is 5.36. The number of thiophene rings is 1. The first-order valence-corrected chi connectivity index (χ1v) is 9.26. The molecule has 0 spiro atoms. The number of hydrogen-bond donors (Lipinski definition) is 1. The van der Waals surface area contributed by atoms with Crippen LogP contribution in [0, 0.1) is 8.70 Å². The molecule has 1 aromatic carbocycles. The maximum Gasteiger partial charge on any atom is 0.126 e. The zero-order chi connectivity index (χ0) is 14.5. The van der Waals surface area contributed by atoms with Crippen molar-refractivity contribution < 1.29 is 4.39 Å². The molecule has 0 saturated heterocycles. The summed E-state index contributed by atoms with van der Waals surface area (Å²) >= 11 is 7.46. The van der Waals surface area contributed by atoms with Crippen molar-refractivity contribution in [1.82, 2.24) is 5.32 Å². The van der Waals surface area contributed by atoms with Gasteiger partial charge in [-0.2, -0.15) is 0 Å². The molecule has 108 valence electrons. The highest BCUT2D eigenvalue weighted by molar-refractivity contribution is 14.1. The second-order valence-corrected chi connectivity index (χ2v) is 8.35. The van der Waals surface area contributed by atoms with E-state index < -0.39 is 0 Å². The number of rotatable bonds is 6. The van der Waals surface area contributed by atoms with Crippen LogP contribution in [0.2, 0.25) is 0 Å². The molecule has 0 aliphatic rings. The number of benzene rings is 1. The van der Waals surface area contributed by atoms with Crippen molar-refractivity contribution in [2.45, 2.75) is 25.8 Å². The molecule has 1 unspecified atom stereocenters. The van der Waals surface area contributed by atoms with Crippen LogP contribution < -0.4 is 5.32 Å². The second kappa shape index (κ2) is 7.87. The Kier molecular flexibility index (Phi) is 6.45. The zero-order valence-electron chi connectivity index (χ0n) is 11.1. The van der Waals surface area contributed by atoms with E-state index in [1.54, 1.807) is 17.4 Å². The van der Waals surface area contributed by atoms with Crippen molar-refractivity contribution in [1.29, 1.82) is 0 Å². The lowest BCUT2D eigenvalue weighted by Gasteiger charge is -2.18. The van der Waals surface area contributed by atoms with Gasteiger partial charge in [0.15, 0.2) is 0 Å². The van der Waals surface area contributed by atoms with E-state index in [1.165, 1.54) is 14.5 Å². The number of hydrogen-bond acceptors (Lipinski definition) is 2. The molecule has 5 heteroatoms. The normalized spacial score (nSPS) is 12.6. The fraction of sp³-hybridized carbons (Fsp3) is 0.333. The molecule has 2 aromatic rings. The summed E-state index contributed by atoms with van der Waals surface area (Å²) in [5.74, 6) is -0.138. The lowest BCUT2D eigenvalue weighted by Crippen LogP contribution is -2.24. The molecule has 1 aromatic heterocycles. The van der Waals surface area contributed by atoms with E-state index >= 15 is 0 Å². The topological polar surface area (TPSA) is 12.0 Å². The van der Waals surface area contributed by atoms with E-state index in [4.69, 9.17) is 0 Å². The first kappa shape index (κ1) is 16.4. The van der Waals surface area contributed by atoms with Gasteiger partial charge in [0.1, 0.15) is 5.82 Å². The average Bonchev–Trinajstić information content (AvgIpc) is 2.85. The van der Waals surface area contributed by atoms with Gasteiger partial charge in [-0.25, -0.2) is 4.39 Å². The molecule has 0 aliphatic heterocycles. The van der Waals surface area contributed by atoms with Crippen molar-refractivity contribution in [2.75, 3.05) is 6.54 Å². The molecule has 0 radical (unpaired) electrons. The summed E-state index contributed by atoms with van der Waals surface area (Å²) in [5, 5.41) is 5.67. The van der Waals surface area contributed by atoms with Crippen LogP contribution in [-0.4, -0.2) is 6.54 Å². The summed E-state index contributed by atoms with van der Waals surface area (Å²) in [6.07, 6.45) is 1.73. The van der Waals surface area contributed by atoms with Gasteiger partial charge in [-0.1, -0.05) is 22.9 Å². The van der Waals surface area contributed by atoms with Gasteiger partial charge in [0.25, 0.3) is 0 Å². The molecule has 0 saturated carbocycles. The minimum Gasteiger partial charge on any atom is -0.310 e. The van der Waals surface area contributed by atoms with Gasteiger partial charge in [-0.05, 0) is 82.7 Å². The predicted molar refractivity (Wildman–Crippen MR) is 95.9 cm³/mol. The molecule has 0 fully saturated rings. The summed E-state index contributed by atoms with van der Waals surface area (Å²) in [5.41, 5.74) is 1.99. The molecule has 1 nitrogen and oxygen atoms in total. The minimum absolute atomic E-state index is 0.138. The van der Waals surface area contributed by atoms with E-state index in [1.807, 2.05) is 6.07 Å². The van der Waals surface area contributed by atoms with E-state index in [0.717, 1.165) is 23.0 Å². The minimum atomic E-state index is -0.138. The molecule has 1 atom stereocenters. The highest BCUT2D eigenvalue weighted by atomic mass is 127. The van der Waals surface area contributed by atoms with Crippen LogP contribution in [0.15, 0.2) is 34.1 Å². The highest BCUT2D eigenvalue weighted by Gasteiger charge is 2.15. The maximum absolute atomic E-state index is 13.9. The van der Waals surface area contributed by atoms with Gasteiger partial charge in [-0.15, -0.1) is 11.3 Å². The third-order valence-electron chi connectivity index (χ3n) is 3.06. The smallest absolute Gasteiger partial charge is 0.126 e. The molecule has 0 amide bonds. The van der Waals surface area contributed by atoms with Crippen LogP contribution in [0.4, 0.5) is 4.39 Å². The van der Waals surface area contributed by atoms with Crippen LogP contribution in [0.5, 0.6) is 0 Å². The Balaban J connectivity index is 2.21. The Bertz CT molecular complexity index is 573. The van der Waals surface area contributed by atoms with Crippen molar-refractivity contribution >= 4 is 49.9 Å². The average molecular weight is 468 g/mol. The van der Waals surface area contributed by atoms with Gasteiger partial charge in [0, 0.05) is 10.5 Å². The Morgan fingerprint density at radius 3 is 2.85 bits per heavy atom. The van der Waals surface area contributed by atoms with Crippen molar-refractivity contribution in [3.63, 3.8) is 0 Å². The van der Waals surface area contributed by atoms with Crippen LogP contribution in [0.25, 0.3) is 0 Å². The Hall–Kier alpha value is 0.0200. The molecule has 0 aliphatic carbocycles. The maximum atomic E-state index is 13.9. The van der Waals surface area contributed by atoms with Crippen molar-refractivity contribution in [3.05, 3.63) is 53.9 Å². The third kappa shape index (κ3) is 4.51. The van der Waals surface area contributed by atoms with Crippen molar-refractivity contribution in [2.24, 2.45) is 0 Å². The number of halogens is 3. The monoisotopic (exact) mass is 467 g/mol. The standard InChI is InChI=1S/C15H16BrFINS/c1-2-5-19-14(11-8-15(18)20-9-11)7-10-6-12(16)3-4-13(10)17/h3-4,6,8-9,14,19H,2,5,7H2,1H3. The van der Waals surface area contributed by atoms with Crippen molar-refractivity contribution in [3.8, 4) is 0 Å². The fourth-order valence-electron chi connectivity index (χ4n) is 2.05. The lowest BCUT2D eigenvalue weighted by atomic mass is 10.0. The summed E-state index contributed by atoms with van der Waals surface area (Å²) < 4.78 is 16.1.